The molecule has 0 saturated heterocycles. The number of nitrogens with two attached hydrogens (primary N) is 1. The lowest BCUT2D eigenvalue weighted by Gasteiger charge is -2.25. The zero-order valence-electron chi connectivity index (χ0n) is 8.25. The van der Waals surface area contributed by atoms with Gasteiger partial charge in [0.2, 0.25) is 0 Å². The molecule has 0 spiro atoms. The highest BCUT2D eigenvalue weighted by atomic mass is 15.3. The monoisotopic (exact) mass is 169 g/mol. The predicted molar refractivity (Wildman–Crippen MR) is 52.1 cm³/mol. The van der Waals surface area contributed by atoms with Crippen LogP contribution in [0, 0.1) is 5.92 Å². The fourth-order valence-corrected chi connectivity index (χ4v) is 1.38. The maximum atomic E-state index is 5.77. The molecule has 0 aliphatic heterocycles. The van der Waals surface area contributed by atoms with E-state index in [0.29, 0.717) is 12.0 Å². The Kier molecular flexibility index (Phi) is 2.95. The molecule has 3 heteroatoms. The van der Waals surface area contributed by atoms with Gasteiger partial charge in [0.05, 0.1) is 0 Å². The van der Waals surface area contributed by atoms with Gasteiger partial charge in [-0.05, 0) is 32.6 Å². The number of guanidine groups is 1. The minimum absolute atomic E-state index is 0.556. The quantitative estimate of drug-likeness (QED) is 0.507. The van der Waals surface area contributed by atoms with Crippen LogP contribution in [0.25, 0.3) is 0 Å². The molecule has 0 aromatic carbocycles. The van der Waals surface area contributed by atoms with Gasteiger partial charge in [0.15, 0.2) is 5.96 Å². The van der Waals surface area contributed by atoms with Crippen LogP contribution in [0.4, 0.5) is 0 Å². The van der Waals surface area contributed by atoms with Crippen molar-refractivity contribution in [1.29, 1.82) is 0 Å². The Balaban J connectivity index is 2.44. The van der Waals surface area contributed by atoms with E-state index < -0.39 is 0 Å². The fraction of sp³-hybridized carbons (Fsp3) is 0.889. The number of hydrogen-bond acceptors (Lipinski definition) is 1. The maximum absolute atomic E-state index is 5.77. The highest BCUT2D eigenvalue weighted by Gasteiger charge is 2.31. The normalized spacial score (nSPS) is 20.8. The van der Waals surface area contributed by atoms with Crippen molar-refractivity contribution < 1.29 is 0 Å². The topological polar surface area (TPSA) is 41.6 Å². The second kappa shape index (κ2) is 3.78. The number of rotatable bonds is 3. The molecule has 3 nitrogen and oxygen atoms in total. The van der Waals surface area contributed by atoms with Gasteiger partial charge in [-0.3, -0.25) is 4.99 Å². The molecule has 0 amide bonds. The Hall–Kier alpha value is -0.730. The molecule has 0 heterocycles. The SMILES string of the molecule is CCN=C(N)N(C)C(C)C1CC1. The van der Waals surface area contributed by atoms with E-state index in [9.17, 15) is 0 Å². The van der Waals surface area contributed by atoms with Crippen LogP contribution in [-0.4, -0.2) is 30.5 Å². The van der Waals surface area contributed by atoms with Crippen LogP contribution in [0.3, 0.4) is 0 Å². The molecule has 0 bridgehead atoms. The Bertz CT molecular complexity index is 173. The average molecular weight is 169 g/mol. The summed E-state index contributed by atoms with van der Waals surface area (Å²) >= 11 is 0. The largest absolute Gasteiger partial charge is 0.370 e. The van der Waals surface area contributed by atoms with Gasteiger partial charge in [-0.25, -0.2) is 0 Å². The Labute approximate surface area is 74.6 Å². The molecule has 1 rings (SSSR count). The van der Waals surface area contributed by atoms with E-state index in [0.717, 1.165) is 12.5 Å². The average Bonchev–Trinajstić information content (AvgIpc) is 2.84. The van der Waals surface area contributed by atoms with Gasteiger partial charge < -0.3 is 10.6 Å². The summed E-state index contributed by atoms with van der Waals surface area (Å²) in [5.74, 6) is 1.53. The molecule has 70 valence electrons. The van der Waals surface area contributed by atoms with E-state index in [4.69, 9.17) is 5.73 Å². The van der Waals surface area contributed by atoms with Crippen molar-refractivity contribution in [2.45, 2.75) is 32.7 Å². The molecule has 0 aromatic rings. The van der Waals surface area contributed by atoms with Crippen molar-refractivity contribution in [3.05, 3.63) is 0 Å². The summed E-state index contributed by atoms with van der Waals surface area (Å²) in [6, 6.07) is 0.556. The first-order chi connectivity index (χ1) is 5.66. The van der Waals surface area contributed by atoms with E-state index in [1.165, 1.54) is 12.8 Å². The predicted octanol–water partition coefficient (Wildman–Crippen LogP) is 1.05. The number of nitrogens with zero attached hydrogens (tertiary/aromatic N) is 2. The van der Waals surface area contributed by atoms with E-state index in [1.54, 1.807) is 0 Å². The molecule has 1 aliphatic carbocycles. The van der Waals surface area contributed by atoms with Crippen LogP contribution < -0.4 is 5.73 Å². The lowest BCUT2D eigenvalue weighted by Crippen LogP contribution is -2.41. The second-order valence-electron chi connectivity index (χ2n) is 3.52. The summed E-state index contributed by atoms with van der Waals surface area (Å²) in [4.78, 5) is 6.26. The summed E-state index contributed by atoms with van der Waals surface area (Å²) in [7, 11) is 2.03. The van der Waals surface area contributed by atoms with Crippen molar-refractivity contribution in [3.8, 4) is 0 Å². The van der Waals surface area contributed by atoms with Crippen LogP contribution >= 0.6 is 0 Å². The standard InChI is InChI=1S/C9H19N3/c1-4-11-9(10)12(3)7(2)8-5-6-8/h7-8H,4-6H2,1-3H3,(H2,10,11). The second-order valence-corrected chi connectivity index (χ2v) is 3.52. The maximum Gasteiger partial charge on any atom is 0.191 e. The molecule has 2 N–H and O–H groups in total. The van der Waals surface area contributed by atoms with Crippen LogP contribution in [0.1, 0.15) is 26.7 Å². The summed E-state index contributed by atoms with van der Waals surface area (Å²) in [5.41, 5.74) is 5.77. The molecule has 0 aromatic heterocycles. The van der Waals surface area contributed by atoms with Crippen LogP contribution in [-0.2, 0) is 0 Å². The minimum atomic E-state index is 0.556. The first-order valence-electron chi connectivity index (χ1n) is 4.69. The first kappa shape index (κ1) is 9.36. The summed E-state index contributed by atoms with van der Waals surface area (Å²) in [5, 5.41) is 0. The van der Waals surface area contributed by atoms with Gasteiger partial charge in [0.25, 0.3) is 0 Å². The number of aliphatic imine (C=N–C) groups is 1. The molecule has 12 heavy (non-hydrogen) atoms. The van der Waals surface area contributed by atoms with E-state index >= 15 is 0 Å². The third kappa shape index (κ3) is 2.13. The molecule has 0 radical (unpaired) electrons. The molecular formula is C9H19N3. The van der Waals surface area contributed by atoms with Gasteiger partial charge >= 0.3 is 0 Å². The van der Waals surface area contributed by atoms with Crippen molar-refractivity contribution >= 4 is 5.96 Å². The lowest BCUT2D eigenvalue weighted by molar-refractivity contribution is 0.349. The van der Waals surface area contributed by atoms with Crippen LogP contribution in [0.5, 0.6) is 0 Å². The molecule has 1 aliphatic rings. The molecule has 1 saturated carbocycles. The first-order valence-corrected chi connectivity index (χ1v) is 4.69. The van der Waals surface area contributed by atoms with Gasteiger partial charge in [0.1, 0.15) is 0 Å². The molecule has 1 unspecified atom stereocenters. The Morgan fingerprint density at radius 1 is 1.67 bits per heavy atom. The highest BCUT2D eigenvalue weighted by Crippen LogP contribution is 2.34. The lowest BCUT2D eigenvalue weighted by atomic mass is 10.2. The molecule has 1 fully saturated rings. The van der Waals surface area contributed by atoms with Gasteiger partial charge in [0, 0.05) is 19.6 Å². The van der Waals surface area contributed by atoms with Crippen LogP contribution in [0.2, 0.25) is 0 Å². The third-order valence-electron chi connectivity index (χ3n) is 2.60. The van der Waals surface area contributed by atoms with Crippen molar-refractivity contribution in [2.75, 3.05) is 13.6 Å². The summed E-state index contributed by atoms with van der Waals surface area (Å²) in [6.07, 6.45) is 2.70. The van der Waals surface area contributed by atoms with Gasteiger partial charge in [-0.2, -0.15) is 0 Å². The molecule has 1 atom stereocenters. The zero-order chi connectivity index (χ0) is 9.14. The Morgan fingerprint density at radius 2 is 2.25 bits per heavy atom. The van der Waals surface area contributed by atoms with Crippen molar-refractivity contribution in [2.24, 2.45) is 16.6 Å². The summed E-state index contributed by atoms with van der Waals surface area (Å²) in [6.45, 7) is 4.99. The van der Waals surface area contributed by atoms with Crippen molar-refractivity contribution in [3.63, 3.8) is 0 Å². The highest BCUT2D eigenvalue weighted by molar-refractivity contribution is 5.78. The smallest absolute Gasteiger partial charge is 0.191 e. The van der Waals surface area contributed by atoms with Gasteiger partial charge in [-0.15, -0.1) is 0 Å². The van der Waals surface area contributed by atoms with E-state index in [-0.39, 0.29) is 0 Å². The fourth-order valence-electron chi connectivity index (χ4n) is 1.38. The van der Waals surface area contributed by atoms with Gasteiger partial charge in [-0.1, -0.05) is 0 Å². The Morgan fingerprint density at radius 3 is 2.67 bits per heavy atom. The summed E-state index contributed by atoms with van der Waals surface area (Å²) < 4.78 is 0. The number of hydrogen-bond donors (Lipinski definition) is 1. The van der Waals surface area contributed by atoms with Crippen molar-refractivity contribution in [1.82, 2.24) is 4.90 Å². The van der Waals surface area contributed by atoms with E-state index in [2.05, 4.69) is 16.8 Å². The van der Waals surface area contributed by atoms with Crippen LogP contribution in [0.15, 0.2) is 4.99 Å². The molecular weight excluding hydrogens is 150 g/mol. The van der Waals surface area contributed by atoms with E-state index in [1.807, 2.05) is 14.0 Å². The zero-order valence-corrected chi connectivity index (χ0v) is 8.25. The minimum Gasteiger partial charge on any atom is -0.370 e. The third-order valence-corrected chi connectivity index (χ3v) is 2.60.